The van der Waals surface area contributed by atoms with Crippen molar-refractivity contribution in [1.82, 2.24) is 20.3 Å². The van der Waals surface area contributed by atoms with E-state index in [0.29, 0.717) is 23.5 Å². The van der Waals surface area contributed by atoms with Crippen LogP contribution in [0.2, 0.25) is 0 Å². The van der Waals surface area contributed by atoms with Crippen LogP contribution in [0.15, 0.2) is 24.3 Å². The second-order valence-corrected chi connectivity index (χ2v) is 6.56. The lowest BCUT2D eigenvalue weighted by molar-refractivity contribution is -0.120. The van der Waals surface area contributed by atoms with Crippen molar-refractivity contribution in [3.8, 4) is 0 Å². The van der Waals surface area contributed by atoms with Gasteiger partial charge in [-0.05, 0) is 45.4 Å². The van der Waals surface area contributed by atoms with Gasteiger partial charge in [0.15, 0.2) is 0 Å². The summed E-state index contributed by atoms with van der Waals surface area (Å²) in [6.45, 7) is 5.74. The molecule has 0 saturated carbocycles. The molecule has 3 rings (SSSR count). The summed E-state index contributed by atoms with van der Waals surface area (Å²) < 4.78 is 0. The zero-order valence-electron chi connectivity index (χ0n) is 15.5. The molecule has 8 heteroatoms. The standard InChI is InChI=1S/C19H21N5O3/c1-11-6-7-14-15(9-11)18(27)24(17(14)26)8-4-5-16(25)22-23-19-20-12(2)10-13(3)21-19/h6-7,9-10H,4-5,8H2,1-3H3,(H,22,25)(H,20,21,23). The van der Waals surface area contributed by atoms with Gasteiger partial charge in [-0.1, -0.05) is 11.6 Å². The molecule has 1 aromatic heterocycles. The first kappa shape index (κ1) is 18.5. The molecule has 2 N–H and O–H groups in total. The Bertz CT molecular complexity index is 905. The van der Waals surface area contributed by atoms with Crippen molar-refractivity contribution in [1.29, 1.82) is 0 Å². The van der Waals surface area contributed by atoms with E-state index in [9.17, 15) is 14.4 Å². The van der Waals surface area contributed by atoms with Crippen molar-refractivity contribution < 1.29 is 14.4 Å². The highest BCUT2D eigenvalue weighted by Gasteiger charge is 2.34. The van der Waals surface area contributed by atoms with Gasteiger partial charge < -0.3 is 0 Å². The number of benzene rings is 1. The predicted octanol–water partition coefficient (Wildman–Crippen LogP) is 1.92. The summed E-state index contributed by atoms with van der Waals surface area (Å²) in [7, 11) is 0. The van der Waals surface area contributed by atoms with Crippen molar-refractivity contribution in [2.45, 2.75) is 33.6 Å². The lowest BCUT2D eigenvalue weighted by Gasteiger charge is -2.13. The molecule has 2 aromatic rings. The number of hydrazine groups is 1. The number of imide groups is 1. The van der Waals surface area contributed by atoms with Crippen LogP contribution in [-0.2, 0) is 4.79 Å². The third-order valence-corrected chi connectivity index (χ3v) is 4.21. The van der Waals surface area contributed by atoms with Crippen molar-refractivity contribution in [3.05, 3.63) is 52.3 Å². The maximum absolute atomic E-state index is 12.4. The van der Waals surface area contributed by atoms with Crippen LogP contribution >= 0.6 is 0 Å². The Balaban J connectivity index is 1.49. The number of hydrogen-bond donors (Lipinski definition) is 2. The summed E-state index contributed by atoms with van der Waals surface area (Å²) in [5, 5.41) is 0. The molecule has 0 bridgehead atoms. The van der Waals surface area contributed by atoms with Gasteiger partial charge in [0, 0.05) is 24.4 Å². The van der Waals surface area contributed by atoms with Gasteiger partial charge >= 0.3 is 0 Å². The van der Waals surface area contributed by atoms with Crippen LogP contribution in [0, 0.1) is 20.8 Å². The van der Waals surface area contributed by atoms with Crippen LogP contribution in [0.4, 0.5) is 5.95 Å². The second kappa shape index (κ2) is 7.53. The van der Waals surface area contributed by atoms with Crippen molar-refractivity contribution >= 4 is 23.7 Å². The molecule has 0 fully saturated rings. The van der Waals surface area contributed by atoms with Gasteiger partial charge in [-0.3, -0.25) is 30.1 Å². The van der Waals surface area contributed by atoms with E-state index in [1.54, 1.807) is 12.1 Å². The number of nitrogens with one attached hydrogen (secondary N) is 2. The summed E-state index contributed by atoms with van der Waals surface area (Å²) in [5.74, 6) is -0.570. The first-order chi connectivity index (χ1) is 12.8. The number of aryl methyl sites for hydroxylation is 3. The number of anilines is 1. The Morgan fingerprint density at radius 2 is 1.67 bits per heavy atom. The van der Waals surface area contributed by atoms with Crippen LogP contribution in [0.25, 0.3) is 0 Å². The van der Waals surface area contributed by atoms with Crippen molar-refractivity contribution in [2.24, 2.45) is 0 Å². The summed E-state index contributed by atoms with van der Waals surface area (Å²) >= 11 is 0. The van der Waals surface area contributed by atoms with E-state index < -0.39 is 0 Å². The van der Waals surface area contributed by atoms with E-state index in [1.165, 1.54) is 4.90 Å². The summed E-state index contributed by atoms with van der Waals surface area (Å²) in [6.07, 6.45) is 0.524. The van der Waals surface area contributed by atoms with E-state index in [1.807, 2.05) is 32.9 Å². The number of rotatable bonds is 6. The van der Waals surface area contributed by atoms with Crippen molar-refractivity contribution in [2.75, 3.05) is 12.0 Å². The Labute approximate surface area is 157 Å². The minimum Gasteiger partial charge on any atom is -0.274 e. The monoisotopic (exact) mass is 367 g/mol. The number of hydrogen-bond acceptors (Lipinski definition) is 6. The highest BCUT2D eigenvalue weighted by Crippen LogP contribution is 2.24. The van der Waals surface area contributed by atoms with Crippen LogP contribution in [0.1, 0.15) is 50.5 Å². The fraction of sp³-hybridized carbons (Fsp3) is 0.316. The average Bonchev–Trinajstić information content (AvgIpc) is 2.83. The molecule has 0 unspecified atom stereocenters. The molecule has 3 amide bonds. The molecule has 0 atom stereocenters. The minimum atomic E-state index is -0.308. The molecule has 1 aliphatic heterocycles. The molecule has 0 spiro atoms. The summed E-state index contributed by atoms with van der Waals surface area (Å²) in [6, 6.07) is 7.03. The van der Waals surface area contributed by atoms with E-state index >= 15 is 0 Å². The molecule has 27 heavy (non-hydrogen) atoms. The third-order valence-electron chi connectivity index (χ3n) is 4.21. The number of aromatic nitrogens is 2. The second-order valence-electron chi connectivity index (χ2n) is 6.56. The van der Waals surface area contributed by atoms with Crippen LogP contribution in [-0.4, -0.2) is 39.1 Å². The average molecular weight is 367 g/mol. The maximum Gasteiger partial charge on any atom is 0.261 e. The molecule has 1 aliphatic rings. The number of amides is 3. The minimum absolute atomic E-state index is 0.157. The molecule has 8 nitrogen and oxygen atoms in total. The lowest BCUT2D eigenvalue weighted by Crippen LogP contribution is -2.33. The van der Waals surface area contributed by atoms with Gasteiger partial charge in [-0.15, -0.1) is 0 Å². The normalized spacial score (nSPS) is 12.9. The number of fused-ring (bicyclic) bond motifs is 1. The molecule has 140 valence electrons. The highest BCUT2D eigenvalue weighted by atomic mass is 16.2. The van der Waals surface area contributed by atoms with Crippen LogP contribution in [0.5, 0.6) is 0 Å². The first-order valence-corrected chi connectivity index (χ1v) is 8.69. The summed E-state index contributed by atoms with van der Waals surface area (Å²) in [4.78, 5) is 46.2. The van der Waals surface area contributed by atoms with Crippen molar-refractivity contribution in [3.63, 3.8) is 0 Å². The topological polar surface area (TPSA) is 104 Å². The van der Waals surface area contributed by atoms with Crippen LogP contribution < -0.4 is 10.9 Å². The Morgan fingerprint density at radius 1 is 1.00 bits per heavy atom. The van der Waals surface area contributed by atoms with E-state index in [4.69, 9.17) is 0 Å². The smallest absolute Gasteiger partial charge is 0.261 e. The van der Waals surface area contributed by atoms with E-state index in [0.717, 1.165) is 17.0 Å². The van der Waals surface area contributed by atoms with Crippen LogP contribution in [0.3, 0.4) is 0 Å². The fourth-order valence-electron chi connectivity index (χ4n) is 2.98. The largest absolute Gasteiger partial charge is 0.274 e. The van der Waals surface area contributed by atoms with Gasteiger partial charge in [-0.25, -0.2) is 9.97 Å². The molecule has 1 aromatic carbocycles. The zero-order chi connectivity index (χ0) is 19.6. The van der Waals surface area contributed by atoms with Gasteiger partial charge in [0.1, 0.15) is 0 Å². The van der Waals surface area contributed by atoms with Gasteiger partial charge in [0.05, 0.1) is 11.1 Å². The first-order valence-electron chi connectivity index (χ1n) is 8.69. The Hall–Kier alpha value is -3.29. The van der Waals surface area contributed by atoms with Gasteiger partial charge in [-0.2, -0.15) is 0 Å². The quantitative estimate of drug-likeness (QED) is 0.597. The number of carbonyl (C=O) groups is 3. The van der Waals surface area contributed by atoms with E-state index in [-0.39, 0.29) is 30.7 Å². The SMILES string of the molecule is Cc1ccc2c(c1)C(=O)N(CCCC(=O)NNc1nc(C)cc(C)n1)C2=O. The molecule has 2 heterocycles. The zero-order valence-corrected chi connectivity index (χ0v) is 15.5. The number of nitrogens with zero attached hydrogens (tertiary/aromatic N) is 3. The lowest BCUT2D eigenvalue weighted by atomic mass is 10.1. The van der Waals surface area contributed by atoms with Gasteiger partial charge in [0.25, 0.3) is 11.8 Å². The molecular formula is C19H21N5O3. The predicted molar refractivity (Wildman–Crippen MR) is 99.1 cm³/mol. The third kappa shape index (κ3) is 4.11. The Morgan fingerprint density at radius 3 is 2.37 bits per heavy atom. The number of carbonyl (C=O) groups excluding carboxylic acids is 3. The molecular weight excluding hydrogens is 346 g/mol. The summed E-state index contributed by atoms with van der Waals surface area (Å²) in [5.41, 5.74) is 8.56. The molecule has 0 aliphatic carbocycles. The highest BCUT2D eigenvalue weighted by molar-refractivity contribution is 6.21. The maximum atomic E-state index is 12.4. The van der Waals surface area contributed by atoms with E-state index in [2.05, 4.69) is 20.8 Å². The fourth-order valence-corrected chi connectivity index (χ4v) is 2.98. The Kier molecular flexibility index (Phi) is 5.16. The molecule has 0 radical (unpaired) electrons. The van der Waals surface area contributed by atoms with Gasteiger partial charge in [0.2, 0.25) is 11.9 Å². The molecule has 0 saturated heterocycles.